The van der Waals surface area contributed by atoms with Gasteiger partial charge in [0.2, 0.25) is 5.91 Å². The molecule has 0 saturated carbocycles. The molecule has 2 saturated heterocycles. The lowest BCUT2D eigenvalue weighted by molar-refractivity contribution is -0.192. The Bertz CT molecular complexity index is 1150. The van der Waals surface area contributed by atoms with Crippen LogP contribution in [0.5, 0.6) is 0 Å². The van der Waals surface area contributed by atoms with Gasteiger partial charge in [-0.05, 0) is 75.1 Å². The third-order valence-corrected chi connectivity index (χ3v) is 7.76. The SMILES string of the molecule is NCC1(C(=O)NCc2ccc(C(=O)NCCN3CCCC3)cc2)CCN(Cc2ccccc2)CC1.O=C(O)C(F)(F)F. The van der Waals surface area contributed by atoms with Gasteiger partial charge in [0, 0.05) is 38.3 Å². The molecule has 0 atom stereocenters. The molecule has 2 aliphatic rings. The predicted molar refractivity (Wildman–Crippen MR) is 152 cm³/mol. The molecule has 2 amide bonds. The van der Waals surface area contributed by atoms with Gasteiger partial charge in [-0.15, -0.1) is 0 Å². The topological polar surface area (TPSA) is 128 Å². The summed E-state index contributed by atoms with van der Waals surface area (Å²) in [5.74, 6) is -2.78. The first-order valence-electron chi connectivity index (χ1n) is 14.2. The number of aliphatic carboxylic acids is 1. The van der Waals surface area contributed by atoms with E-state index >= 15 is 0 Å². The normalized spacial score (nSPS) is 17.1. The van der Waals surface area contributed by atoms with Crippen LogP contribution < -0.4 is 16.4 Å². The van der Waals surface area contributed by atoms with Crippen molar-refractivity contribution >= 4 is 17.8 Å². The van der Waals surface area contributed by atoms with E-state index in [2.05, 4.69) is 44.7 Å². The van der Waals surface area contributed by atoms with Crippen LogP contribution in [-0.4, -0.2) is 84.7 Å². The van der Waals surface area contributed by atoms with Gasteiger partial charge < -0.3 is 26.4 Å². The smallest absolute Gasteiger partial charge is 0.475 e. The van der Waals surface area contributed by atoms with Crippen LogP contribution in [0.2, 0.25) is 0 Å². The molecule has 2 aromatic carbocycles. The number of rotatable bonds is 10. The Morgan fingerprint density at radius 2 is 1.45 bits per heavy atom. The number of piperidine rings is 1. The molecule has 9 nitrogen and oxygen atoms in total. The van der Waals surface area contributed by atoms with Gasteiger partial charge in [0.05, 0.1) is 5.41 Å². The van der Waals surface area contributed by atoms with Crippen LogP contribution in [0, 0.1) is 5.41 Å². The van der Waals surface area contributed by atoms with E-state index in [0.29, 0.717) is 25.2 Å². The zero-order valence-electron chi connectivity index (χ0n) is 23.7. The molecule has 12 heteroatoms. The molecule has 0 unspecified atom stereocenters. The number of benzene rings is 2. The molecular formula is C30H40F3N5O4. The summed E-state index contributed by atoms with van der Waals surface area (Å²) >= 11 is 0. The first-order chi connectivity index (χ1) is 20.0. The number of hydrogen-bond acceptors (Lipinski definition) is 6. The molecule has 2 fully saturated rings. The van der Waals surface area contributed by atoms with E-state index in [-0.39, 0.29) is 11.8 Å². The zero-order valence-corrected chi connectivity index (χ0v) is 23.7. The predicted octanol–water partition coefficient (Wildman–Crippen LogP) is 3.00. The van der Waals surface area contributed by atoms with Crippen molar-refractivity contribution in [2.24, 2.45) is 11.1 Å². The number of nitrogens with two attached hydrogens (primary N) is 1. The molecule has 42 heavy (non-hydrogen) atoms. The van der Waals surface area contributed by atoms with Crippen molar-refractivity contribution in [3.63, 3.8) is 0 Å². The number of nitrogens with zero attached hydrogens (tertiary/aromatic N) is 2. The highest BCUT2D eigenvalue weighted by Gasteiger charge is 2.40. The Labute approximate surface area is 244 Å². The molecule has 0 aromatic heterocycles. The highest BCUT2D eigenvalue weighted by atomic mass is 19.4. The molecule has 2 aliphatic heterocycles. The highest BCUT2D eigenvalue weighted by Crippen LogP contribution is 2.31. The number of carboxylic acids is 1. The molecule has 2 aromatic rings. The minimum absolute atomic E-state index is 0.0306. The standard InChI is InChI=1S/C28H39N5O2.C2HF3O2/c29-22-28(12-17-33(18-13-28)21-24-6-2-1-3-7-24)27(35)31-20-23-8-10-25(11-9-23)26(34)30-14-19-32-15-4-5-16-32;3-2(4,5)1(6)7/h1-3,6-11H,4-5,12-22,29H2,(H,30,34)(H,31,35);(H,6,7). The number of halogens is 3. The zero-order chi connectivity index (χ0) is 30.6. The molecule has 0 aliphatic carbocycles. The van der Waals surface area contributed by atoms with Gasteiger partial charge in [-0.1, -0.05) is 42.5 Å². The summed E-state index contributed by atoms with van der Waals surface area (Å²) in [6, 6.07) is 17.9. The lowest BCUT2D eigenvalue weighted by Crippen LogP contribution is -2.52. The lowest BCUT2D eigenvalue weighted by atomic mass is 9.77. The van der Waals surface area contributed by atoms with Crippen molar-refractivity contribution in [2.75, 3.05) is 45.8 Å². The second-order valence-electron chi connectivity index (χ2n) is 10.7. The first-order valence-corrected chi connectivity index (χ1v) is 14.2. The summed E-state index contributed by atoms with van der Waals surface area (Å²) in [7, 11) is 0. The van der Waals surface area contributed by atoms with Crippen LogP contribution in [-0.2, 0) is 22.7 Å². The summed E-state index contributed by atoms with van der Waals surface area (Å²) in [6.07, 6.45) is -1.05. The summed E-state index contributed by atoms with van der Waals surface area (Å²) in [6.45, 7) is 7.26. The van der Waals surface area contributed by atoms with E-state index in [1.807, 2.05) is 30.3 Å². The van der Waals surface area contributed by atoms with Gasteiger partial charge in [0.25, 0.3) is 5.91 Å². The van der Waals surface area contributed by atoms with Crippen molar-refractivity contribution < 1.29 is 32.7 Å². The number of carbonyl (C=O) groups excluding carboxylic acids is 2. The van der Waals surface area contributed by atoms with Crippen molar-refractivity contribution in [3.05, 3.63) is 71.3 Å². The van der Waals surface area contributed by atoms with Crippen molar-refractivity contribution in [1.82, 2.24) is 20.4 Å². The van der Waals surface area contributed by atoms with Crippen molar-refractivity contribution in [3.8, 4) is 0 Å². The summed E-state index contributed by atoms with van der Waals surface area (Å²) in [5, 5.41) is 13.2. The summed E-state index contributed by atoms with van der Waals surface area (Å²) in [4.78, 5) is 39.2. The fourth-order valence-corrected chi connectivity index (χ4v) is 5.08. The maximum Gasteiger partial charge on any atom is 0.490 e. The molecule has 0 spiro atoms. The average Bonchev–Trinajstić information content (AvgIpc) is 3.51. The van der Waals surface area contributed by atoms with Gasteiger partial charge in [0.1, 0.15) is 0 Å². The van der Waals surface area contributed by atoms with Crippen molar-refractivity contribution in [2.45, 2.75) is 44.9 Å². The van der Waals surface area contributed by atoms with E-state index in [0.717, 1.165) is 57.7 Å². The molecule has 0 bridgehead atoms. The molecule has 0 radical (unpaired) electrons. The number of hydrogen-bond donors (Lipinski definition) is 4. The van der Waals surface area contributed by atoms with Gasteiger partial charge in [-0.3, -0.25) is 14.5 Å². The average molecular weight is 592 g/mol. The van der Waals surface area contributed by atoms with Gasteiger partial charge in [-0.25, -0.2) is 4.79 Å². The molecule has 2 heterocycles. The number of amides is 2. The summed E-state index contributed by atoms with van der Waals surface area (Å²) < 4.78 is 31.7. The fraction of sp³-hybridized carbons (Fsp3) is 0.500. The Kier molecular flexibility index (Phi) is 12.3. The third kappa shape index (κ3) is 10.1. The maximum atomic E-state index is 13.1. The third-order valence-electron chi connectivity index (χ3n) is 7.76. The first kappa shape index (κ1) is 33.0. The number of alkyl halides is 3. The maximum absolute atomic E-state index is 13.1. The second-order valence-corrected chi connectivity index (χ2v) is 10.7. The minimum atomic E-state index is -5.08. The second kappa shape index (κ2) is 15.7. The van der Waals surface area contributed by atoms with Crippen LogP contribution in [0.1, 0.15) is 47.2 Å². The fourth-order valence-electron chi connectivity index (χ4n) is 5.08. The van der Waals surface area contributed by atoms with E-state index in [4.69, 9.17) is 15.6 Å². The van der Waals surface area contributed by atoms with E-state index in [1.165, 1.54) is 18.4 Å². The van der Waals surface area contributed by atoms with Crippen LogP contribution in [0.4, 0.5) is 13.2 Å². The van der Waals surface area contributed by atoms with E-state index < -0.39 is 17.6 Å². The molecule has 5 N–H and O–H groups in total. The number of likely N-dealkylation sites (tertiary alicyclic amines) is 2. The minimum Gasteiger partial charge on any atom is -0.475 e. The monoisotopic (exact) mass is 591 g/mol. The van der Waals surface area contributed by atoms with Crippen LogP contribution in [0.25, 0.3) is 0 Å². The Morgan fingerprint density at radius 3 is 2.00 bits per heavy atom. The Balaban J connectivity index is 0.000000616. The highest BCUT2D eigenvalue weighted by molar-refractivity contribution is 5.94. The van der Waals surface area contributed by atoms with Gasteiger partial charge >= 0.3 is 12.1 Å². The van der Waals surface area contributed by atoms with E-state index in [9.17, 15) is 22.8 Å². The number of nitrogens with one attached hydrogen (secondary N) is 2. The van der Waals surface area contributed by atoms with Crippen molar-refractivity contribution in [1.29, 1.82) is 0 Å². The van der Waals surface area contributed by atoms with E-state index in [1.54, 1.807) is 0 Å². The quantitative estimate of drug-likeness (QED) is 0.335. The summed E-state index contributed by atoms with van der Waals surface area (Å²) in [5.41, 5.74) is 8.51. The van der Waals surface area contributed by atoms with Gasteiger partial charge in [-0.2, -0.15) is 13.2 Å². The van der Waals surface area contributed by atoms with Gasteiger partial charge in [0.15, 0.2) is 0 Å². The largest absolute Gasteiger partial charge is 0.490 e. The Hall–Kier alpha value is -3.48. The van der Waals surface area contributed by atoms with Crippen LogP contribution >= 0.6 is 0 Å². The molecule has 4 rings (SSSR count). The molecule has 230 valence electrons. The number of carboxylic acid groups (broad SMARTS) is 1. The van der Waals surface area contributed by atoms with Crippen LogP contribution in [0.15, 0.2) is 54.6 Å². The Morgan fingerprint density at radius 1 is 0.857 bits per heavy atom. The molecular weight excluding hydrogens is 551 g/mol. The van der Waals surface area contributed by atoms with Crippen LogP contribution in [0.3, 0.4) is 0 Å². The lowest BCUT2D eigenvalue weighted by Gasteiger charge is -2.40. The number of carbonyl (C=O) groups is 3.